The highest BCUT2D eigenvalue weighted by Gasteiger charge is 2.36. The number of benzene rings is 2. The number of nitrogens with zero attached hydrogens (tertiary/aromatic N) is 2. The van der Waals surface area contributed by atoms with Gasteiger partial charge in [-0.05, 0) is 49.9 Å². The van der Waals surface area contributed by atoms with Gasteiger partial charge in [0, 0.05) is 48.7 Å². The van der Waals surface area contributed by atoms with Crippen LogP contribution in [0.5, 0.6) is 0 Å². The highest BCUT2D eigenvalue weighted by molar-refractivity contribution is 6.09. The van der Waals surface area contributed by atoms with Gasteiger partial charge in [-0.1, -0.05) is 44.2 Å². The van der Waals surface area contributed by atoms with Gasteiger partial charge < -0.3 is 22.1 Å². The van der Waals surface area contributed by atoms with E-state index in [4.69, 9.17) is 23.2 Å². The molecule has 2 aromatic carbocycles. The molecule has 0 bridgehead atoms. The molecule has 0 aromatic heterocycles. The van der Waals surface area contributed by atoms with E-state index in [2.05, 4.69) is 21.3 Å². The van der Waals surface area contributed by atoms with Crippen LogP contribution in [0.2, 0.25) is 0 Å². The molecule has 16 heteroatoms. The molecule has 49 heavy (non-hydrogen) atoms. The van der Waals surface area contributed by atoms with Crippen LogP contribution in [0.15, 0.2) is 36.4 Å². The lowest BCUT2D eigenvalue weighted by molar-refractivity contribution is -0.138. The average molecular weight is 679 g/mol. The molecular weight excluding hydrogens is 632 g/mol. The molecule has 2 fully saturated rings. The summed E-state index contributed by atoms with van der Waals surface area (Å²) in [5.41, 5.74) is 14.1. The summed E-state index contributed by atoms with van der Waals surface area (Å²) in [6.07, 6.45) is 7.29. The number of unbranched alkanes of at least 4 members (excludes halogenated alkanes) is 6. The van der Waals surface area contributed by atoms with Crippen molar-refractivity contribution in [3.63, 3.8) is 0 Å². The van der Waals surface area contributed by atoms with E-state index in [1.807, 2.05) is 0 Å². The Morgan fingerprint density at radius 3 is 1.37 bits per heavy atom. The molecule has 2 saturated heterocycles. The summed E-state index contributed by atoms with van der Waals surface area (Å²) < 4.78 is 0. The number of imide groups is 2. The van der Waals surface area contributed by atoms with Gasteiger partial charge in [-0.3, -0.25) is 49.4 Å². The van der Waals surface area contributed by atoms with Crippen molar-refractivity contribution in [1.82, 2.24) is 20.7 Å². The SMILES string of the molecule is Nc1cccc(NCCCCCCCCCNc2cccc(N)c2C(=O)N(N)C2CCC(=O)NC2=O)c1C(=O)N(N)C1CCC(=O)NC1=O. The van der Waals surface area contributed by atoms with E-state index in [1.54, 1.807) is 36.4 Å². The summed E-state index contributed by atoms with van der Waals surface area (Å²) in [4.78, 5) is 73.8. The van der Waals surface area contributed by atoms with Gasteiger partial charge in [0.15, 0.2) is 0 Å². The largest absolute Gasteiger partial charge is 0.398 e. The fraction of sp³-hybridized carbons (Fsp3) is 0.455. The Bertz CT molecular complexity index is 1450. The van der Waals surface area contributed by atoms with E-state index in [9.17, 15) is 28.8 Å². The van der Waals surface area contributed by atoms with Crippen LogP contribution in [0.1, 0.15) is 91.3 Å². The predicted octanol–water partition coefficient (Wildman–Crippen LogP) is 1.35. The van der Waals surface area contributed by atoms with Gasteiger partial charge in [-0.15, -0.1) is 0 Å². The number of nitrogens with one attached hydrogen (secondary N) is 4. The van der Waals surface area contributed by atoms with Crippen molar-refractivity contribution in [1.29, 1.82) is 0 Å². The molecule has 0 saturated carbocycles. The standard InChI is InChI=1S/C33H46N10O6/c34-20-10-8-12-22(28(20)32(48)42(36)24-14-16-26(44)40-30(24)46)38-18-6-4-2-1-3-5-7-19-39-23-13-9-11-21(35)29(23)33(49)43(37)25-15-17-27(45)41-31(25)47/h8-13,24-25,38-39H,1-7,14-19,34-37H2,(H,40,44,46)(H,41,45,47). The molecule has 264 valence electrons. The third-order valence-corrected chi connectivity index (χ3v) is 8.67. The molecule has 4 rings (SSSR count). The molecule has 0 aliphatic carbocycles. The second-order valence-electron chi connectivity index (χ2n) is 12.2. The van der Waals surface area contributed by atoms with E-state index >= 15 is 0 Å². The van der Waals surface area contributed by atoms with Gasteiger partial charge in [-0.2, -0.15) is 0 Å². The van der Waals surface area contributed by atoms with Gasteiger partial charge in [-0.25, -0.2) is 11.7 Å². The molecule has 2 aliphatic heterocycles. The van der Waals surface area contributed by atoms with Crippen LogP contribution in [-0.2, 0) is 19.2 Å². The van der Waals surface area contributed by atoms with Crippen LogP contribution in [0.25, 0.3) is 0 Å². The molecule has 0 radical (unpaired) electrons. The molecule has 2 heterocycles. The van der Waals surface area contributed by atoms with E-state index < -0.39 is 47.5 Å². The number of nitrogen functional groups attached to an aromatic ring is 2. The minimum atomic E-state index is -0.957. The smallest absolute Gasteiger partial charge is 0.272 e. The Balaban J connectivity index is 1.14. The lowest BCUT2D eigenvalue weighted by atomic mass is 10.0. The highest BCUT2D eigenvalue weighted by atomic mass is 16.2. The van der Waals surface area contributed by atoms with Crippen LogP contribution in [0.3, 0.4) is 0 Å². The van der Waals surface area contributed by atoms with Gasteiger partial charge in [0.1, 0.15) is 12.1 Å². The van der Waals surface area contributed by atoms with Crippen molar-refractivity contribution in [2.75, 3.05) is 35.2 Å². The zero-order valence-corrected chi connectivity index (χ0v) is 27.5. The Kier molecular flexibility index (Phi) is 12.9. The van der Waals surface area contributed by atoms with Crippen LogP contribution < -0.4 is 44.4 Å². The maximum atomic E-state index is 13.2. The van der Waals surface area contributed by atoms with Gasteiger partial charge in [0.2, 0.25) is 11.8 Å². The second kappa shape index (κ2) is 17.3. The van der Waals surface area contributed by atoms with Crippen molar-refractivity contribution in [2.45, 2.75) is 82.7 Å². The number of hydrogen-bond donors (Lipinski definition) is 8. The second-order valence-corrected chi connectivity index (χ2v) is 12.2. The lowest BCUT2D eigenvalue weighted by Crippen LogP contribution is -2.57. The summed E-state index contributed by atoms with van der Waals surface area (Å²) >= 11 is 0. The zero-order chi connectivity index (χ0) is 35.5. The number of carbonyl (C=O) groups is 6. The number of amides is 6. The van der Waals surface area contributed by atoms with Crippen LogP contribution >= 0.6 is 0 Å². The topological polar surface area (TPSA) is 261 Å². The number of rotatable bonds is 16. The fourth-order valence-corrected chi connectivity index (χ4v) is 5.93. The quantitative estimate of drug-likeness (QED) is 0.0312. The van der Waals surface area contributed by atoms with Crippen molar-refractivity contribution >= 4 is 58.2 Å². The average Bonchev–Trinajstić information content (AvgIpc) is 3.06. The van der Waals surface area contributed by atoms with Crippen molar-refractivity contribution in [3.05, 3.63) is 47.5 Å². The van der Waals surface area contributed by atoms with Gasteiger partial charge in [0.05, 0.1) is 11.1 Å². The molecule has 6 amide bonds. The van der Waals surface area contributed by atoms with E-state index in [-0.39, 0.29) is 48.2 Å². The predicted molar refractivity (Wildman–Crippen MR) is 184 cm³/mol. The van der Waals surface area contributed by atoms with Crippen molar-refractivity contribution in [2.24, 2.45) is 11.7 Å². The maximum absolute atomic E-state index is 13.2. The van der Waals surface area contributed by atoms with Gasteiger partial charge in [0.25, 0.3) is 23.6 Å². The first-order valence-corrected chi connectivity index (χ1v) is 16.6. The number of hydrazine groups is 2. The Labute approximate surface area is 284 Å². The fourth-order valence-electron chi connectivity index (χ4n) is 5.93. The molecular formula is C33H46N10O6. The van der Waals surface area contributed by atoms with Crippen LogP contribution in [0, 0.1) is 0 Å². The Morgan fingerprint density at radius 1 is 0.633 bits per heavy atom. The summed E-state index contributed by atoms with van der Waals surface area (Å²) in [7, 11) is 0. The monoisotopic (exact) mass is 678 g/mol. The van der Waals surface area contributed by atoms with E-state index in [0.717, 1.165) is 55.0 Å². The maximum Gasteiger partial charge on any atom is 0.272 e. The number of carbonyl (C=O) groups excluding carboxylic acids is 6. The van der Waals surface area contributed by atoms with Crippen molar-refractivity contribution in [3.8, 4) is 0 Å². The number of nitrogens with two attached hydrogens (primary N) is 4. The summed E-state index contributed by atoms with van der Waals surface area (Å²) in [6.45, 7) is 1.23. The first kappa shape index (κ1) is 36.6. The Morgan fingerprint density at radius 2 is 1.00 bits per heavy atom. The van der Waals surface area contributed by atoms with Gasteiger partial charge >= 0.3 is 0 Å². The molecule has 2 unspecified atom stereocenters. The van der Waals surface area contributed by atoms with Crippen LogP contribution in [-0.4, -0.2) is 70.6 Å². The summed E-state index contributed by atoms with van der Waals surface area (Å²) in [5.74, 6) is 8.85. The van der Waals surface area contributed by atoms with Crippen LogP contribution in [0.4, 0.5) is 22.7 Å². The zero-order valence-electron chi connectivity index (χ0n) is 27.5. The summed E-state index contributed by atoms with van der Waals surface area (Å²) in [5, 5.41) is 12.6. The lowest BCUT2D eigenvalue weighted by Gasteiger charge is -2.30. The molecule has 0 spiro atoms. The van der Waals surface area contributed by atoms with Crippen molar-refractivity contribution < 1.29 is 28.8 Å². The van der Waals surface area contributed by atoms with E-state index in [1.165, 1.54) is 0 Å². The number of piperidine rings is 2. The molecule has 16 nitrogen and oxygen atoms in total. The van der Waals surface area contributed by atoms with E-state index in [0.29, 0.717) is 24.5 Å². The minimum Gasteiger partial charge on any atom is -0.398 e. The molecule has 2 aliphatic rings. The molecule has 2 atom stereocenters. The third kappa shape index (κ3) is 9.45. The molecule has 2 aromatic rings. The third-order valence-electron chi connectivity index (χ3n) is 8.67. The normalized spacial score (nSPS) is 17.6. The first-order valence-electron chi connectivity index (χ1n) is 16.6. The number of hydrogen-bond acceptors (Lipinski definition) is 12. The minimum absolute atomic E-state index is 0.0970. The molecule has 12 N–H and O–H groups in total. The first-order chi connectivity index (χ1) is 23.5. The highest BCUT2D eigenvalue weighted by Crippen LogP contribution is 2.27. The summed E-state index contributed by atoms with van der Waals surface area (Å²) in [6, 6.07) is 8.22. The number of anilines is 4. The Hall–Kier alpha value is -5.22.